The summed E-state index contributed by atoms with van der Waals surface area (Å²) in [6, 6.07) is 0. The summed E-state index contributed by atoms with van der Waals surface area (Å²) in [5, 5.41) is 2.29. The molecule has 0 saturated heterocycles. The Balaban J connectivity index is 3.73. The molecule has 0 aromatic rings. The minimum Gasteiger partial charge on any atom is -0.445 e. The molecule has 0 aliphatic heterocycles. The van der Waals surface area contributed by atoms with Crippen LogP contribution in [0.2, 0.25) is 0 Å². The second kappa shape index (κ2) is 9.23. The second-order valence-corrected chi connectivity index (χ2v) is 8.65. The highest BCUT2D eigenvalue weighted by Gasteiger charge is 2.22. The van der Waals surface area contributed by atoms with Gasteiger partial charge in [-0.25, -0.2) is 4.79 Å². The van der Waals surface area contributed by atoms with Crippen LogP contribution in [0.3, 0.4) is 0 Å². The predicted octanol–water partition coefficient (Wildman–Crippen LogP) is 3.66. The molecular weight excluding hydrogens is 394 g/mol. The maximum absolute atomic E-state index is 11.1. The van der Waals surface area contributed by atoms with Gasteiger partial charge in [0.1, 0.15) is 6.61 Å². The number of amides is 1. The quantitative estimate of drug-likeness (QED) is 0.399. The monoisotopic (exact) mass is 399 g/mol. The van der Waals surface area contributed by atoms with Crippen LogP contribution in [-0.4, -0.2) is 29.6 Å². The molecule has 0 saturated carbocycles. The first kappa shape index (κ1) is 19.2. The minimum atomic E-state index is -3.17. The van der Waals surface area contributed by atoms with Crippen molar-refractivity contribution in [1.82, 2.24) is 5.32 Å². The number of carbonyl (C=O) groups excluding carboxylic acids is 1. The average Bonchev–Trinajstić information content (AvgIpc) is 2.31. The van der Waals surface area contributed by atoms with E-state index in [1.54, 1.807) is 0 Å². The predicted molar refractivity (Wildman–Crippen MR) is 73.8 cm³/mol. The number of carbonyl (C=O) groups is 1. The molecule has 0 aromatic heterocycles. The molecule has 0 heterocycles. The molecule has 0 spiro atoms. The molecule has 0 atom stereocenters. The molecule has 0 radical (unpaired) electrons. The number of hydrogen-bond acceptors (Lipinski definition) is 6. The standard InChI is InChI=1S/C5H7Cl5NO5PS/c6-5(7,8)3-13-4(12)11-1-2-14-17(18,15-9)16-10/h1-3H2,(H,11,12). The topological polar surface area (TPSA) is 66.0 Å². The summed E-state index contributed by atoms with van der Waals surface area (Å²) >= 11 is 30.8. The molecule has 0 fully saturated rings. The molecule has 0 rings (SSSR count). The molecule has 0 aromatic carbocycles. The minimum absolute atomic E-state index is 0.0393. The van der Waals surface area contributed by atoms with Gasteiger partial charge in [-0.15, -0.1) is 0 Å². The van der Waals surface area contributed by atoms with Gasteiger partial charge in [-0.05, 0) is 11.8 Å². The van der Waals surface area contributed by atoms with E-state index < -0.39 is 23.2 Å². The third-order valence-corrected chi connectivity index (χ3v) is 4.67. The average molecular weight is 401 g/mol. The lowest BCUT2D eigenvalue weighted by molar-refractivity contribution is 0.145. The lowest BCUT2D eigenvalue weighted by Gasteiger charge is -2.14. The molecule has 0 aliphatic rings. The van der Waals surface area contributed by atoms with Crippen molar-refractivity contribution >= 4 is 83.2 Å². The maximum Gasteiger partial charge on any atom is 0.407 e. The summed E-state index contributed by atoms with van der Waals surface area (Å²) in [5.41, 5.74) is 0. The molecule has 18 heavy (non-hydrogen) atoms. The van der Waals surface area contributed by atoms with E-state index in [9.17, 15) is 4.79 Å². The molecule has 0 aliphatic carbocycles. The van der Waals surface area contributed by atoms with Crippen LogP contribution in [0, 0.1) is 0 Å². The lowest BCUT2D eigenvalue weighted by Crippen LogP contribution is -2.30. The lowest BCUT2D eigenvalue weighted by atomic mass is 10.7. The molecule has 0 unspecified atom stereocenters. The van der Waals surface area contributed by atoms with Crippen molar-refractivity contribution in [1.29, 1.82) is 0 Å². The smallest absolute Gasteiger partial charge is 0.407 e. The summed E-state index contributed by atoms with van der Waals surface area (Å²) in [6.45, 7) is -3.58. The molecule has 1 N–H and O–H groups in total. The Morgan fingerprint density at radius 3 is 2.28 bits per heavy atom. The van der Waals surface area contributed by atoms with Gasteiger partial charge in [-0.2, -0.15) is 8.15 Å². The summed E-state index contributed by atoms with van der Waals surface area (Å²) in [4.78, 5) is 11.1. The van der Waals surface area contributed by atoms with E-state index in [0.29, 0.717) is 0 Å². The van der Waals surface area contributed by atoms with E-state index >= 15 is 0 Å². The van der Waals surface area contributed by atoms with E-state index in [0.717, 1.165) is 0 Å². The van der Waals surface area contributed by atoms with Crippen molar-refractivity contribution in [2.45, 2.75) is 3.79 Å². The van der Waals surface area contributed by atoms with Gasteiger partial charge in [0.15, 0.2) is 0 Å². The van der Waals surface area contributed by atoms with E-state index in [1.807, 2.05) is 0 Å². The summed E-state index contributed by atoms with van der Waals surface area (Å²) in [6.07, 6.45) is -0.795. The number of hydrogen-bond donors (Lipinski definition) is 1. The van der Waals surface area contributed by atoms with E-state index in [4.69, 9.17) is 63.1 Å². The van der Waals surface area contributed by atoms with Gasteiger partial charge in [-0.1, -0.05) is 34.8 Å². The van der Waals surface area contributed by atoms with Crippen LogP contribution >= 0.6 is 65.3 Å². The number of ether oxygens (including phenoxy) is 1. The summed E-state index contributed by atoms with van der Waals surface area (Å²) in [7, 11) is 0. The molecule has 6 nitrogen and oxygen atoms in total. The first-order valence-corrected chi connectivity index (χ1v) is 8.36. The molecule has 108 valence electrons. The first-order valence-electron chi connectivity index (χ1n) is 4.05. The fourth-order valence-electron chi connectivity index (χ4n) is 0.559. The van der Waals surface area contributed by atoms with Crippen LogP contribution in [0.4, 0.5) is 4.79 Å². The van der Waals surface area contributed by atoms with Crippen LogP contribution in [0.25, 0.3) is 0 Å². The third kappa shape index (κ3) is 10.1. The Labute approximate surface area is 134 Å². The maximum atomic E-state index is 11.1. The number of halogens is 5. The zero-order valence-corrected chi connectivity index (χ0v) is 13.9. The molecule has 13 heteroatoms. The van der Waals surface area contributed by atoms with Crippen molar-refractivity contribution < 1.29 is 22.2 Å². The Morgan fingerprint density at radius 1 is 1.28 bits per heavy atom. The highest BCUT2D eigenvalue weighted by Crippen LogP contribution is 2.52. The van der Waals surface area contributed by atoms with E-state index in [2.05, 4.69) is 30.0 Å². The SMILES string of the molecule is O=C(NCCOP(=S)(OCl)OCl)OCC(Cl)(Cl)Cl. The van der Waals surface area contributed by atoms with Gasteiger partial charge < -0.3 is 14.6 Å². The van der Waals surface area contributed by atoms with Gasteiger partial charge in [0.25, 0.3) is 0 Å². The van der Waals surface area contributed by atoms with E-state index in [1.165, 1.54) is 0 Å². The van der Waals surface area contributed by atoms with Crippen molar-refractivity contribution in [3.05, 3.63) is 0 Å². The number of rotatable bonds is 7. The molecule has 1 amide bonds. The fourth-order valence-corrected chi connectivity index (χ4v) is 1.86. The highest BCUT2D eigenvalue weighted by molar-refractivity contribution is 8.08. The Kier molecular flexibility index (Phi) is 9.88. The summed E-state index contributed by atoms with van der Waals surface area (Å²) < 4.78 is 16.2. The van der Waals surface area contributed by atoms with Crippen LogP contribution in [0.15, 0.2) is 0 Å². The second-order valence-electron chi connectivity index (χ2n) is 2.54. The van der Waals surface area contributed by atoms with Gasteiger partial charge >= 0.3 is 12.8 Å². The zero-order chi connectivity index (χ0) is 14.2. The van der Waals surface area contributed by atoms with Gasteiger partial charge in [-0.3, -0.25) is 0 Å². The largest absolute Gasteiger partial charge is 0.445 e. The van der Waals surface area contributed by atoms with Crippen LogP contribution < -0.4 is 5.32 Å². The van der Waals surface area contributed by atoms with Crippen molar-refractivity contribution in [3.63, 3.8) is 0 Å². The Morgan fingerprint density at radius 2 is 1.83 bits per heavy atom. The van der Waals surface area contributed by atoms with Crippen molar-refractivity contribution in [2.24, 2.45) is 0 Å². The fraction of sp³-hybridized carbons (Fsp3) is 0.800. The van der Waals surface area contributed by atoms with Gasteiger partial charge in [0, 0.05) is 6.54 Å². The first-order chi connectivity index (χ1) is 8.22. The van der Waals surface area contributed by atoms with Crippen LogP contribution in [0.5, 0.6) is 0 Å². The number of nitrogens with one attached hydrogen (secondary N) is 1. The third-order valence-electron chi connectivity index (χ3n) is 1.16. The Hall–Kier alpha value is 1.25. The van der Waals surface area contributed by atoms with E-state index in [-0.39, 0.29) is 13.2 Å². The highest BCUT2D eigenvalue weighted by atomic mass is 35.6. The van der Waals surface area contributed by atoms with Crippen molar-refractivity contribution in [2.75, 3.05) is 19.8 Å². The number of alkyl halides is 3. The summed E-state index contributed by atoms with van der Waals surface area (Å²) in [5.74, 6) is 0. The molecular formula is C5H7Cl5NO5PS. The normalized spacial score (nSPS) is 12.3. The zero-order valence-electron chi connectivity index (χ0n) is 8.41. The van der Waals surface area contributed by atoms with Gasteiger partial charge in [0.05, 0.1) is 30.3 Å². The van der Waals surface area contributed by atoms with Crippen LogP contribution in [-0.2, 0) is 29.2 Å². The van der Waals surface area contributed by atoms with Crippen molar-refractivity contribution in [3.8, 4) is 0 Å². The molecule has 0 bridgehead atoms. The number of alkyl carbamates (subject to hydrolysis) is 1. The van der Waals surface area contributed by atoms with Crippen LogP contribution in [0.1, 0.15) is 0 Å². The Bertz CT molecular complexity index is 307. The van der Waals surface area contributed by atoms with Gasteiger partial charge in [0.2, 0.25) is 3.79 Å².